The summed E-state index contributed by atoms with van der Waals surface area (Å²) in [5, 5.41) is 0. The average molecular weight is 363 g/mol. The van der Waals surface area contributed by atoms with E-state index < -0.39 is 17.9 Å². The minimum absolute atomic E-state index is 0.169. The number of rotatable bonds is 5. The predicted octanol–water partition coefficient (Wildman–Crippen LogP) is 3.50. The number of benzene rings is 2. The molecule has 27 heavy (non-hydrogen) atoms. The van der Waals surface area contributed by atoms with Gasteiger partial charge in [-0.3, -0.25) is 19.3 Å². The number of carbonyl (C=O) groups excluding carboxylic acids is 3. The maximum atomic E-state index is 13.3. The van der Waals surface area contributed by atoms with Crippen LogP contribution < -0.4 is 4.90 Å². The summed E-state index contributed by atoms with van der Waals surface area (Å²) in [6, 6.07) is 15.5. The molecule has 1 amide bonds. The predicted molar refractivity (Wildman–Crippen MR) is 103 cm³/mol. The van der Waals surface area contributed by atoms with Crippen molar-refractivity contribution < 1.29 is 19.1 Å². The Morgan fingerprint density at radius 3 is 2.37 bits per heavy atom. The lowest BCUT2D eigenvalue weighted by molar-refractivity contribution is -0.151. The molecule has 0 bridgehead atoms. The third kappa shape index (κ3) is 3.67. The van der Waals surface area contributed by atoms with Gasteiger partial charge in [0.1, 0.15) is 11.7 Å². The molecule has 1 aliphatic heterocycles. The van der Waals surface area contributed by atoms with Crippen LogP contribution in [0.4, 0.5) is 5.69 Å². The standard InChI is InChI=1S/C22H21NO4/c1-3-27-22(26)20(15(2)24)19-14-13-16-9-7-8-12-18(16)23(19)21(25)17-10-5-4-6-11-17/h4-14,19-20H,3H2,1-2H3/t19-,20+/m0/s1. The van der Waals surface area contributed by atoms with Gasteiger partial charge in [-0.2, -0.15) is 0 Å². The van der Waals surface area contributed by atoms with Gasteiger partial charge in [-0.1, -0.05) is 48.6 Å². The van der Waals surface area contributed by atoms with Gasteiger partial charge < -0.3 is 4.74 Å². The summed E-state index contributed by atoms with van der Waals surface area (Å²) >= 11 is 0. The SMILES string of the molecule is CCOC(=O)[C@H](C(C)=O)[C@@H]1C=Cc2ccccc2N1C(=O)c1ccccc1. The molecule has 0 unspecified atom stereocenters. The fourth-order valence-corrected chi connectivity index (χ4v) is 3.30. The Bertz CT molecular complexity index is 888. The second-order valence-electron chi connectivity index (χ2n) is 6.29. The zero-order chi connectivity index (χ0) is 19.4. The Morgan fingerprint density at radius 1 is 1.04 bits per heavy atom. The second-order valence-corrected chi connectivity index (χ2v) is 6.29. The van der Waals surface area contributed by atoms with Crippen LogP contribution in [-0.4, -0.2) is 30.3 Å². The molecule has 0 aliphatic carbocycles. The first-order valence-corrected chi connectivity index (χ1v) is 8.87. The van der Waals surface area contributed by atoms with Gasteiger partial charge in [0, 0.05) is 5.56 Å². The summed E-state index contributed by atoms with van der Waals surface area (Å²) in [6.45, 7) is 3.21. The lowest BCUT2D eigenvalue weighted by atomic mass is 9.89. The highest BCUT2D eigenvalue weighted by Gasteiger charge is 2.40. The van der Waals surface area contributed by atoms with Gasteiger partial charge in [0.05, 0.1) is 18.3 Å². The molecule has 0 fully saturated rings. The monoisotopic (exact) mass is 363 g/mol. The highest BCUT2D eigenvalue weighted by Crippen LogP contribution is 2.33. The minimum atomic E-state index is -1.08. The number of Topliss-reactive ketones (excluding diaryl/α,β-unsaturated/α-hetero) is 1. The van der Waals surface area contributed by atoms with Crippen LogP contribution in [0.3, 0.4) is 0 Å². The molecule has 0 saturated carbocycles. The molecule has 3 rings (SSSR count). The van der Waals surface area contributed by atoms with Crippen LogP contribution in [-0.2, 0) is 14.3 Å². The highest BCUT2D eigenvalue weighted by atomic mass is 16.5. The zero-order valence-electron chi connectivity index (χ0n) is 15.3. The van der Waals surface area contributed by atoms with Crippen LogP contribution in [0.1, 0.15) is 29.8 Å². The van der Waals surface area contributed by atoms with E-state index in [-0.39, 0.29) is 18.3 Å². The van der Waals surface area contributed by atoms with E-state index in [0.29, 0.717) is 11.3 Å². The number of fused-ring (bicyclic) bond motifs is 1. The molecule has 0 radical (unpaired) electrons. The van der Waals surface area contributed by atoms with Crippen LogP contribution in [0, 0.1) is 5.92 Å². The third-order valence-electron chi connectivity index (χ3n) is 4.53. The van der Waals surface area contributed by atoms with Gasteiger partial charge in [0.25, 0.3) is 5.91 Å². The molecular formula is C22H21NO4. The molecule has 0 aromatic heterocycles. The Hall–Kier alpha value is -3.21. The van der Waals surface area contributed by atoms with Gasteiger partial charge in [-0.15, -0.1) is 0 Å². The van der Waals surface area contributed by atoms with Crippen molar-refractivity contribution in [2.24, 2.45) is 5.92 Å². The summed E-state index contributed by atoms with van der Waals surface area (Å²) in [4.78, 5) is 39.6. The van der Waals surface area contributed by atoms with Gasteiger partial charge in [-0.25, -0.2) is 0 Å². The summed E-state index contributed by atoms with van der Waals surface area (Å²) in [6.07, 6.45) is 3.57. The van der Waals surface area contributed by atoms with E-state index in [1.165, 1.54) is 11.8 Å². The molecule has 1 heterocycles. The molecule has 5 heteroatoms. The molecule has 2 aromatic carbocycles. The number of ether oxygens (including phenoxy) is 1. The molecule has 1 aliphatic rings. The van der Waals surface area contributed by atoms with E-state index in [4.69, 9.17) is 4.74 Å². The summed E-state index contributed by atoms with van der Waals surface area (Å²) in [7, 11) is 0. The number of para-hydroxylation sites is 1. The van der Waals surface area contributed by atoms with Crippen LogP contribution in [0.25, 0.3) is 6.08 Å². The van der Waals surface area contributed by atoms with Crippen molar-refractivity contribution in [2.75, 3.05) is 11.5 Å². The molecular weight excluding hydrogens is 342 g/mol. The van der Waals surface area contributed by atoms with Crippen molar-refractivity contribution in [1.29, 1.82) is 0 Å². The second kappa shape index (κ2) is 7.99. The zero-order valence-corrected chi connectivity index (χ0v) is 15.3. The van der Waals surface area contributed by atoms with E-state index in [1.807, 2.05) is 36.4 Å². The van der Waals surface area contributed by atoms with Crippen molar-refractivity contribution in [3.63, 3.8) is 0 Å². The van der Waals surface area contributed by atoms with Crippen LogP contribution >= 0.6 is 0 Å². The summed E-state index contributed by atoms with van der Waals surface area (Å²) < 4.78 is 5.11. The lowest BCUT2D eigenvalue weighted by Gasteiger charge is -2.36. The lowest BCUT2D eigenvalue weighted by Crippen LogP contribution is -2.50. The van der Waals surface area contributed by atoms with Crippen molar-refractivity contribution >= 4 is 29.4 Å². The maximum Gasteiger partial charge on any atom is 0.318 e. The molecule has 0 spiro atoms. The minimum Gasteiger partial charge on any atom is -0.465 e. The first kappa shape index (κ1) is 18.6. The Labute approximate surface area is 158 Å². The molecule has 0 N–H and O–H groups in total. The third-order valence-corrected chi connectivity index (χ3v) is 4.53. The normalized spacial score (nSPS) is 16.4. The van der Waals surface area contributed by atoms with Crippen LogP contribution in [0.5, 0.6) is 0 Å². The van der Waals surface area contributed by atoms with E-state index in [9.17, 15) is 14.4 Å². The van der Waals surface area contributed by atoms with Crippen molar-refractivity contribution in [2.45, 2.75) is 19.9 Å². The maximum absolute atomic E-state index is 13.3. The number of hydrogen-bond donors (Lipinski definition) is 0. The van der Waals surface area contributed by atoms with E-state index >= 15 is 0 Å². The summed E-state index contributed by atoms with van der Waals surface area (Å²) in [5.74, 6) is -2.31. The molecule has 138 valence electrons. The molecule has 2 aromatic rings. The smallest absolute Gasteiger partial charge is 0.318 e. The van der Waals surface area contributed by atoms with Crippen LogP contribution in [0.2, 0.25) is 0 Å². The molecule has 2 atom stereocenters. The molecule has 5 nitrogen and oxygen atoms in total. The van der Waals surface area contributed by atoms with E-state index in [2.05, 4.69) is 0 Å². The van der Waals surface area contributed by atoms with Crippen molar-refractivity contribution in [3.8, 4) is 0 Å². The Kier molecular flexibility index (Phi) is 5.50. The first-order chi connectivity index (χ1) is 13.0. The number of hydrogen-bond acceptors (Lipinski definition) is 4. The number of ketones is 1. The van der Waals surface area contributed by atoms with Crippen LogP contribution in [0.15, 0.2) is 60.7 Å². The number of carbonyl (C=O) groups is 3. The van der Waals surface area contributed by atoms with Gasteiger partial charge in [0.15, 0.2) is 0 Å². The van der Waals surface area contributed by atoms with Gasteiger partial charge >= 0.3 is 5.97 Å². The summed E-state index contributed by atoms with van der Waals surface area (Å²) in [5.41, 5.74) is 2.00. The quantitative estimate of drug-likeness (QED) is 0.602. The number of nitrogens with zero attached hydrogens (tertiary/aromatic N) is 1. The topological polar surface area (TPSA) is 63.7 Å². The number of anilines is 1. The fraction of sp³-hybridized carbons (Fsp3) is 0.227. The number of esters is 1. The molecule has 0 saturated heterocycles. The van der Waals surface area contributed by atoms with Crippen molar-refractivity contribution in [1.82, 2.24) is 0 Å². The Balaban J connectivity index is 2.10. The fourth-order valence-electron chi connectivity index (χ4n) is 3.30. The van der Waals surface area contributed by atoms with Gasteiger partial charge in [0.2, 0.25) is 0 Å². The largest absolute Gasteiger partial charge is 0.465 e. The van der Waals surface area contributed by atoms with E-state index in [0.717, 1.165) is 5.56 Å². The Morgan fingerprint density at radius 2 is 1.70 bits per heavy atom. The number of amides is 1. The first-order valence-electron chi connectivity index (χ1n) is 8.87. The van der Waals surface area contributed by atoms with Crippen molar-refractivity contribution in [3.05, 3.63) is 71.8 Å². The average Bonchev–Trinajstić information content (AvgIpc) is 2.68. The van der Waals surface area contributed by atoms with Gasteiger partial charge in [-0.05, 0) is 37.6 Å². The van der Waals surface area contributed by atoms with E-state index in [1.54, 1.807) is 37.3 Å². The highest BCUT2D eigenvalue weighted by molar-refractivity contribution is 6.10.